The summed E-state index contributed by atoms with van der Waals surface area (Å²) in [7, 11) is 0. The Morgan fingerprint density at radius 1 is 1.14 bits per heavy atom. The second-order valence-electron chi connectivity index (χ2n) is 5.13. The number of hydrogen-bond donors (Lipinski definition) is 1. The number of rotatable bonds is 2. The number of nitrogens with zero attached hydrogens (tertiary/aromatic N) is 3. The van der Waals surface area contributed by atoms with Crippen molar-refractivity contribution in [3.05, 3.63) is 35.4 Å². The highest BCUT2D eigenvalue weighted by molar-refractivity contribution is 6.30. The second-order valence-corrected chi connectivity index (χ2v) is 5.57. The summed E-state index contributed by atoms with van der Waals surface area (Å²) in [6, 6.07) is 4.48. The van der Waals surface area contributed by atoms with Gasteiger partial charge in [-0.2, -0.15) is 0 Å². The fraction of sp³-hybridized carbons (Fsp3) is 0.333. The molecule has 0 radical (unpaired) electrons. The first-order valence-electron chi connectivity index (χ1n) is 6.97. The summed E-state index contributed by atoms with van der Waals surface area (Å²) in [6.07, 6.45) is 4.89. The van der Waals surface area contributed by atoms with Crippen molar-refractivity contribution in [1.29, 1.82) is 0 Å². The molecule has 0 aliphatic carbocycles. The first-order chi connectivity index (χ1) is 10.2. The number of aromatic nitrogens is 2. The van der Waals surface area contributed by atoms with E-state index in [1.807, 2.05) is 0 Å². The molecule has 2 aromatic rings. The van der Waals surface area contributed by atoms with Crippen molar-refractivity contribution in [2.24, 2.45) is 0 Å². The molecule has 0 spiro atoms. The fourth-order valence-corrected chi connectivity index (χ4v) is 2.80. The first kappa shape index (κ1) is 14.1. The molecule has 6 heteroatoms. The lowest BCUT2D eigenvalue weighted by Crippen LogP contribution is -2.31. The summed E-state index contributed by atoms with van der Waals surface area (Å²) >= 11 is 5.78. The number of anilines is 2. The summed E-state index contributed by atoms with van der Waals surface area (Å²) in [6.45, 7) is 1.84. The Balaban J connectivity index is 2.03. The Kier molecular flexibility index (Phi) is 3.92. The molecule has 1 aliphatic rings. The number of halogens is 2. The highest BCUT2D eigenvalue weighted by Crippen LogP contribution is 2.33. The first-order valence-corrected chi connectivity index (χ1v) is 7.35. The van der Waals surface area contributed by atoms with Crippen molar-refractivity contribution in [3.8, 4) is 11.3 Å². The van der Waals surface area contributed by atoms with E-state index in [1.54, 1.807) is 12.1 Å². The van der Waals surface area contributed by atoms with Crippen LogP contribution < -0.4 is 10.6 Å². The minimum absolute atomic E-state index is 0.345. The van der Waals surface area contributed by atoms with Crippen molar-refractivity contribution in [1.82, 2.24) is 9.97 Å². The number of nitrogen functional groups attached to an aromatic ring is 1. The smallest absolute Gasteiger partial charge is 0.155 e. The zero-order chi connectivity index (χ0) is 14.8. The molecule has 1 saturated heterocycles. The minimum atomic E-state index is -0.433. The lowest BCUT2D eigenvalue weighted by atomic mass is 10.1. The molecule has 0 unspecified atom stereocenters. The summed E-state index contributed by atoms with van der Waals surface area (Å²) in [5.74, 6) is 0.256. The molecule has 0 bridgehead atoms. The van der Waals surface area contributed by atoms with Gasteiger partial charge >= 0.3 is 0 Å². The maximum atomic E-state index is 14.1. The van der Waals surface area contributed by atoms with Gasteiger partial charge in [0.05, 0.1) is 0 Å². The molecule has 1 fully saturated rings. The van der Waals surface area contributed by atoms with Crippen LogP contribution in [0.15, 0.2) is 24.5 Å². The van der Waals surface area contributed by atoms with Gasteiger partial charge < -0.3 is 10.6 Å². The van der Waals surface area contributed by atoms with Crippen LogP contribution in [0.25, 0.3) is 11.3 Å². The van der Waals surface area contributed by atoms with Crippen LogP contribution in [0.4, 0.5) is 15.9 Å². The zero-order valence-corrected chi connectivity index (χ0v) is 12.3. The second kappa shape index (κ2) is 5.85. The van der Waals surface area contributed by atoms with Crippen molar-refractivity contribution in [3.63, 3.8) is 0 Å². The van der Waals surface area contributed by atoms with Gasteiger partial charge in [-0.05, 0) is 37.5 Å². The van der Waals surface area contributed by atoms with Gasteiger partial charge in [-0.15, -0.1) is 0 Å². The van der Waals surface area contributed by atoms with E-state index in [2.05, 4.69) is 14.9 Å². The predicted octanol–water partition coefficient (Wildman–Crippen LogP) is 3.51. The summed E-state index contributed by atoms with van der Waals surface area (Å²) in [4.78, 5) is 10.6. The molecule has 3 rings (SSSR count). The summed E-state index contributed by atoms with van der Waals surface area (Å²) in [5.41, 5.74) is 7.37. The van der Waals surface area contributed by atoms with Gasteiger partial charge in [0.2, 0.25) is 0 Å². The van der Waals surface area contributed by atoms with Crippen molar-refractivity contribution in [2.45, 2.75) is 19.3 Å². The van der Waals surface area contributed by atoms with Crippen LogP contribution in [-0.2, 0) is 0 Å². The molecule has 1 aromatic heterocycles. The Hall–Kier alpha value is -1.88. The van der Waals surface area contributed by atoms with Gasteiger partial charge in [-0.3, -0.25) is 0 Å². The number of benzene rings is 1. The van der Waals surface area contributed by atoms with Gasteiger partial charge in [-0.25, -0.2) is 14.4 Å². The lowest BCUT2D eigenvalue weighted by molar-refractivity contribution is 0.573. The highest BCUT2D eigenvalue weighted by Gasteiger charge is 2.19. The maximum Gasteiger partial charge on any atom is 0.155 e. The topological polar surface area (TPSA) is 55.0 Å². The molecule has 0 saturated carbocycles. The van der Waals surface area contributed by atoms with Gasteiger partial charge in [-0.1, -0.05) is 11.6 Å². The normalized spacial score (nSPS) is 15.2. The van der Waals surface area contributed by atoms with E-state index < -0.39 is 5.82 Å². The lowest BCUT2D eigenvalue weighted by Gasteiger charge is -2.28. The summed E-state index contributed by atoms with van der Waals surface area (Å²) < 4.78 is 14.1. The third-order valence-electron chi connectivity index (χ3n) is 3.70. The average Bonchev–Trinajstić information content (AvgIpc) is 2.49. The van der Waals surface area contributed by atoms with Crippen LogP contribution >= 0.6 is 11.6 Å². The van der Waals surface area contributed by atoms with Crippen LogP contribution in [0.3, 0.4) is 0 Å². The van der Waals surface area contributed by atoms with E-state index in [0.29, 0.717) is 27.8 Å². The maximum absolute atomic E-state index is 14.1. The molecule has 1 aliphatic heterocycles. The van der Waals surface area contributed by atoms with Crippen LogP contribution in [0.1, 0.15) is 19.3 Å². The Bertz CT molecular complexity index is 656. The fourth-order valence-electron chi connectivity index (χ4n) is 2.64. The standard InChI is InChI=1S/C15H16ClFN4/c16-10-4-5-11(12(17)8-10)14-13(18)15(20-9-19-14)21-6-2-1-3-7-21/h4-5,8-9H,1-3,6-7,18H2. The molecule has 1 aromatic carbocycles. The summed E-state index contributed by atoms with van der Waals surface area (Å²) in [5, 5.41) is 0.347. The van der Waals surface area contributed by atoms with E-state index in [0.717, 1.165) is 25.9 Å². The monoisotopic (exact) mass is 306 g/mol. The molecule has 0 atom stereocenters. The van der Waals surface area contributed by atoms with Gasteiger partial charge in [0.15, 0.2) is 5.82 Å². The Labute approximate surface area is 127 Å². The third kappa shape index (κ3) is 2.78. The minimum Gasteiger partial charge on any atom is -0.394 e. The van der Waals surface area contributed by atoms with E-state index in [1.165, 1.54) is 18.8 Å². The molecule has 4 nitrogen and oxygen atoms in total. The third-order valence-corrected chi connectivity index (χ3v) is 3.94. The number of piperidine rings is 1. The van der Waals surface area contributed by atoms with Gasteiger partial charge in [0, 0.05) is 23.7 Å². The average molecular weight is 307 g/mol. The molecular weight excluding hydrogens is 291 g/mol. The molecule has 110 valence electrons. The van der Waals surface area contributed by atoms with Crippen molar-refractivity contribution < 1.29 is 4.39 Å². The number of hydrogen-bond acceptors (Lipinski definition) is 4. The zero-order valence-electron chi connectivity index (χ0n) is 11.5. The van der Waals surface area contributed by atoms with Gasteiger partial charge in [0.25, 0.3) is 0 Å². The van der Waals surface area contributed by atoms with E-state index in [4.69, 9.17) is 17.3 Å². The van der Waals surface area contributed by atoms with Crippen molar-refractivity contribution >= 4 is 23.1 Å². The largest absolute Gasteiger partial charge is 0.394 e. The highest BCUT2D eigenvalue weighted by atomic mass is 35.5. The molecular formula is C15H16ClFN4. The quantitative estimate of drug-likeness (QED) is 0.922. The van der Waals surface area contributed by atoms with Crippen LogP contribution in [0.5, 0.6) is 0 Å². The Morgan fingerprint density at radius 2 is 1.90 bits per heavy atom. The molecule has 0 amide bonds. The van der Waals surface area contributed by atoms with E-state index in [-0.39, 0.29) is 0 Å². The van der Waals surface area contributed by atoms with Crippen LogP contribution in [-0.4, -0.2) is 23.1 Å². The predicted molar refractivity (Wildman–Crippen MR) is 82.9 cm³/mol. The number of nitrogens with two attached hydrogens (primary N) is 1. The molecule has 2 N–H and O–H groups in total. The Morgan fingerprint density at radius 3 is 2.62 bits per heavy atom. The van der Waals surface area contributed by atoms with E-state index in [9.17, 15) is 4.39 Å². The van der Waals surface area contributed by atoms with Crippen LogP contribution in [0, 0.1) is 5.82 Å². The SMILES string of the molecule is Nc1c(-c2ccc(Cl)cc2F)ncnc1N1CCCCC1. The molecule has 21 heavy (non-hydrogen) atoms. The van der Waals surface area contributed by atoms with E-state index >= 15 is 0 Å². The van der Waals surface area contributed by atoms with Gasteiger partial charge in [0.1, 0.15) is 23.5 Å². The molecule has 2 heterocycles. The van der Waals surface area contributed by atoms with Crippen molar-refractivity contribution in [2.75, 3.05) is 23.7 Å². The van der Waals surface area contributed by atoms with Crippen LogP contribution in [0.2, 0.25) is 5.02 Å².